The second-order valence-electron chi connectivity index (χ2n) is 4.20. The highest BCUT2D eigenvalue weighted by molar-refractivity contribution is 9.10. The molecule has 0 heterocycles. The van der Waals surface area contributed by atoms with E-state index in [1.165, 1.54) is 0 Å². The van der Waals surface area contributed by atoms with Crippen LogP contribution in [0, 0.1) is 0 Å². The van der Waals surface area contributed by atoms with E-state index in [0.717, 1.165) is 0 Å². The van der Waals surface area contributed by atoms with Crippen molar-refractivity contribution in [1.29, 1.82) is 0 Å². The maximum absolute atomic E-state index is 11.9. The number of hydrogen-bond acceptors (Lipinski definition) is 3. The van der Waals surface area contributed by atoms with Crippen molar-refractivity contribution in [2.75, 3.05) is 12.3 Å². The van der Waals surface area contributed by atoms with Gasteiger partial charge in [0.2, 0.25) is 0 Å². The van der Waals surface area contributed by atoms with Crippen LogP contribution in [0.1, 0.15) is 24.2 Å². The zero-order valence-corrected chi connectivity index (χ0v) is 10.8. The Balaban J connectivity index is 2.94. The number of aliphatic hydroxyl groups is 1. The number of para-hydroxylation sites is 1. The summed E-state index contributed by atoms with van der Waals surface area (Å²) >= 11 is 3.26. The molecule has 88 valence electrons. The minimum atomic E-state index is -0.661. The maximum Gasteiger partial charge on any atom is 0.253 e. The van der Waals surface area contributed by atoms with E-state index in [1.54, 1.807) is 32.0 Å². The molecule has 1 aromatic carbocycles. The fraction of sp³-hybridized carbons (Fsp3) is 0.364. The minimum Gasteiger partial charge on any atom is -0.397 e. The highest BCUT2D eigenvalue weighted by atomic mass is 79.9. The third-order valence-electron chi connectivity index (χ3n) is 2.14. The molecule has 16 heavy (non-hydrogen) atoms. The third-order valence-corrected chi connectivity index (χ3v) is 2.84. The van der Waals surface area contributed by atoms with Gasteiger partial charge in [-0.2, -0.15) is 0 Å². The number of hydrogen-bond donors (Lipinski definition) is 3. The number of nitrogen functional groups attached to an aromatic ring is 1. The molecular formula is C11H15BrN2O2. The Morgan fingerprint density at radius 2 is 2.19 bits per heavy atom. The molecule has 0 radical (unpaired) electrons. The second kappa shape index (κ2) is 4.84. The van der Waals surface area contributed by atoms with Crippen molar-refractivity contribution in [3.05, 3.63) is 28.2 Å². The highest BCUT2D eigenvalue weighted by Gasteiger charge is 2.21. The first-order chi connectivity index (χ1) is 7.37. The zero-order chi connectivity index (χ0) is 12.3. The molecule has 0 aliphatic rings. The summed E-state index contributed by atoms with van der Waals surface area (Å²) < 4.78 is 0.682. The standard InChI is InChI=1S/C11H15BrN2O2/c1-11(2,6-15)14-10(16)7-4-3-5-8(12)9(7)13/h3-5,15H,6,13H2,1-2H3,(H,14,16). The lowest BCUT2D eigenvalue weighted by molar-refractivity contribution is 0.0870. The molecule has 0 saturated carbocycles. The van der Waals surface area contributed by atoms with E-state index >= 15 is 0 Å². The van der Waals surface area contributed by atoms with Gasteiger partial charge in [-0.3, -0.25) is 4.79 Å². The lowest BCUT2D eigenvalue weighted by Gasteiger charge is -2.23. The van der Waals surface area contributed by atoms with E-state index in [1.807, 2.05) is 0 Å². The summed E-state index contributed by atoms with van der Waals surface area (Å²) in [6.45, 7) is 3.34. The number of rotatable bonds is 3. The molecule has 0 bridgehead atoms. The van der Waals surface area contributed by atoms with E-state index in [-0.39, 0.29) is 12.5 Å². The molecule has 0 aromatic heterocycles. The molecule has 0 aliphatic carbocycles. The van der Waals surface area contributed by atoms with Crippen molar-refractivity contribution in [1.82, 2.24) is 5.32 Å². The molecule has 1 aromatic rings. The number of halogens is 1. The average Bonchev–Trinajstić information content (AvgIpc) is 2.21. The highest BCUT2D eigenvalue weighted by Crippen LogP contribution is 2.23. The lowest BCUT2D eigenvalue weighted by atomic mass is 10.1. The van der Waals surface area contributed by atoms with Gasteiger partial charge in [0.1, 0.15) is 0 Å². The molecule has 0 fully saturated rings. The molecule has 0 saturated heterocycles. The number of anilines is 1. The summed E-state index contributed by atoms with van der Waals surface area (Å²) in [6.07, 6.45) is 0. The summed E-state index contributed by atoms with van der Waals surface area (Å²) in [5, 5.41) is 11.8. The van der Waals surface area contributed by atoms with Crippen LogP contribution < -0.4 is 11.1 Å². The molecule has 1 amide bonds. The van der Waals surface area contributed by atoms with E-state index < -0.39 is 5.54 Å². The van der Waals surface area contributed by atoms with Crippen molar-refractivity contribution in [2.24, 2.45) is 0 Å². The molecular weight excluding hydrogens is 272 g/mol. The predicted octanol–water partition coefficient (Wildman–Crippen LogP) is 1.53. The first-order valence-electron chi connectivity index (χ1n) is 4.85. The number of carbonyl (C=O) groups excluding carboxylic acids is 1. The largest absolute Gasteiger partial charge is 0.397 e. The first kappa shape index (κ1) is 13.0. The fourth-order valence-electron chi connectivity index (χ4n) is 1.15. The predicted molar refractivity (Wildman–Crippen MR) is 67.2 cm³/mol. The van der Waals surface area contributed by atoms with Crippen LogP contribution in [-0.4, -0.2) is 23.2 Å². The summed E-state index contributed by atoms with van der Waals surface area (Å²) in [5.41, 5.74) is 5.91. The van der Waals surface area contributed by atoms with E-state index in [9.17, 15) is 4.79 Å². The SMILES string of the molecule is CC(C)(CO)NC(=O)c1cccc(Br)c1N. The number of nitrogens with two attached hydrogens (primary N) is 1. The van der Waals surface area contributed by atoms with Crippen molar-refractivity contribution in [3.63, 3.8) is 0 Å². The van der Waals surface area contributed by atoms with Crippen molar-refractivity contribution in [3.8, 4) is 0 Å². The number of benzene rings is 1. The van der Waals surface area contributed by atoms with E-state index in [4.69, 9.17) is 10.8 Å². The Bertz CT molecular complexity index is 405. The Kier molecular flexibility index (Phi) is 3.93. The van der Waals surface area contributed by atoms with Crippen LogP contribution in [0.5, 0.6) is 0 Å². The minimum absolute atomic E-state index is 0.132. The topological polar surface area (TPSA) is 75.3 Å². The Labute approximate surface area is 103 Å². The summed E-state index contributed by atoms with van der Waals surface area (Å²) in [5.74, 6) is -0.294. The van der Waals surface area contributed by atoms with E-state index in [0.29, 0.717) is 15.7 Å². The van der Waals surface area contributed by atoms with Crippen LogP contribution in [-0.2, 0) is 0 Å². The number of nitrogens with one attached hydrogen (secondary N) is 1. The monoisotopic (exact) mass is 286 g/mol. The van der Waals surface area contributed by atoms with Crippen LogP contribution in [0.3, 0.4) is 0 Å². The molecule has 1 rings (SSSR count). The molecule has 4 nitrogen and oxygen atoms in total. The van der Waals surface area contributed by atoms with Crippen LogP contribution >= 0.6 is 15.9 Å². The van der Waals surface area contributed by atoms with E-state index in [2.05, 4.69) is 21.2 Å². The molecule has 0 atom stereocenters. The second-order valence-corrected chi connectivity index (χ2v) is 5.05. The average molecular weight is 287 g/mol. The van der Waals surface area contributed by atoms with Crippen molar-refractivity contribution >= 4 is 27.5 Å². The summed E-state index contributed by atoms with van der Waals surface area (Å²) in [4.78, 5) is 11.9. The Morgan fingerprint density at radius 1 is 1.56 bits per heavy atom. The molecule has 0 unspecified atom stereocenters. The number of amides is 1. The third kappa shape index (κ3) is 2.96. The van der Waals surface area contributed by atoms with Gasteiger partial charge in [0.15, 0.2) is 0 Å². The van der Waals surface area contributed by atoms with Gasteiger partial charge in [0.25, 0.3) is 5.91 Å². The molecule has 0 spiro atoms. The van der Waals surface area contributed by atoms with Gasteiger partial charge >= 0.3 is 0 Å². The quantitative estimate of drug-likeness (QED) is 0.738. The fourth-order valence-corrected chi connectivity index (χ4v) is 1.52. The van der Waals surface area contributed by atoms with Gasteiger partial charge in [-0.1, -0.05) is 6.07 Å². The van der Waals surface area contributed by atoms with Gasteiger partial charge in [-0.05, 0) is 41.9 Å². The van der Waals surface area contributed by atoms with Gasteiger partial charge < -0.3 is 16.2 Å². The summed E-state index contributed by atoms with van der Waals surface area (Å²) in [6, 6.07) is 5.15. The Morgan fingerprint density at radius 3 is 2.75 bits per heavy atom. The van der Waals surface area contributed by atoms with Crippen LogP contribution in [0.2, 0.25) is 0 Å². The van der Waals surface area contributed by atoms with Crippen molar-refractivity contribution < 1.29 is 9.90 Å². The maximum atomic E-state index is 11.9. The Hall–Kier alpha value is -1.07. The van der Waals surface area contributed by atoms with Crippen LogP contribution in [0.4, 0.5) is 5.69 Å². The van der Waals surface area contributed by atoms with Gasteiger partial charge in [-0.15, -0.1) is 0 Å². The van der Waals surface area contributed by atoms with Crippen LogP contribution in [0.25, 0.3) is 0 Å². The normalized spacial score (nSPS) is 11.2. The first-order valence-corrected chi connectivity index (χ1v) is 5.64. The zero-order valence-electron chi connectivity index (χ0n) is 9.25. The molecule has 4 N–H and O–H groups in total. The summed E-state index contributed by atoms with van der Waals surface area (Å²) in [7, 11) is 0. The number of aliphatic hydroxyl groups excluding tert-OH is 1. The van der Waals surface area contributed by atoms with Crippen molar-refractivity contribution in [2.45, 2.75) is 19.4 Å². The molecule has 0 aliphatic heterocycles. The van der Waals surface area contributed by atoms with Gasteiger partial charge in [0.05, 0.1) is 23.4 Å². The molecule has 5 heteroatoms. The number of carbonyl (C=O) groups is 1. The van der Waals surface area contributed by atoms with Crippen LogP contribution in [0.15, 0.2) is 22.7 Å². The smallest absolute Gasteiger partial charge is 0.253 e. The lowest BCUT2D eigenvalue weighted by Crippen LogP contribution is -2.46. The van der Waals surface area contributed by atoms with Gasteiger partial charge in [-0.25, -0.2) is 0 Å². The van der Waals surface area contributed by atoms with Gasteiger partial charge in [0, 0.05) is 4.47 Å².